The predicted octanol–water partition coefficient (Wildman–Crippen LogP) is 4.44. The van der Waals surface area contributed by atoms with Crippen molar-refractivity contribution >= 4 is 10.8 Å². The van der Waals surface area contributed by atoms with Gasteiger partial charge in [0.15, 0.2) is 0 Å². The standard InChI is InChI=1S/C18H17N/c1-13-9-14(2)11-15(10-13)12-18-17-6-4-3-5-16(17)7-8-19-18/h3-11H,12H2,1-2H3. The molecule has 0 radical (unpaired) electrons. The van der Waals surface area contributed by atoms with Crippen molar-refractivity contribution in [1.82, 2.24) is 4.98 Å². The molecule has 0 unspecified atom stereocenters. The molecule has 0 amide bonds. The molecule has 0 N–H and O–H groups in total. The third-order valence-electron chi connectivity index (χ3n) is 3.41. The van der Waals surface area contributed by atoms with E-state index in [0.717, 1.165) is 12.1 Å². The maximum Gasteiger partial charge on any atom is 0.0525 e. The van der Waals surface area contributed by atoms with Gasteiger partial charge in [-0.2, -0.15) is 0 Å². The smallest absolute Gasteiger partial charge is 0.0525 e. The number of aromatic nitrogens is 1. The van der Waals surface area contributed by atoms with Gasteiger partial charge in [-0.1, -0.05) is 53.6 Å². The highest BCUT2D eigenvalue weighted by Crippen LogP contribution is 2.20. The Hall–Kier alpha value is -2.15. The van der Waals surface area contributed by atoms with Crippen LogP contribution in [0.25, 0.3) is 10.8 Å². The summed E-state index contributed by atoms with van der Waals surface area (Å²) in [5, 5.41) is 2.51. The number of hydrogen-bond acceptors (Lipinski definition) is 1. The van der Waals surface area contributed by atoms with E-state index in [0.29, 0.717) is 0 Å². The Bertz CT molecular complexity index is 703. The van der Waals surface area contributed by atoms with Crippen LogP contribution >= 0.6 is 0 Å². The lowest BCUT2D eigenvalue weighted by Gasteiger charge is -2.07. The van der Waals surface area contributed by atoms with E-state index in [9.17, 15) is 0 Å². The first-order valence-corrected chi connectivity index (χ1v) is 6.62. The zero-order valence-electron chi connectivity index (χ0n) is 11.4. The first-order valence-electron chi connectivity index (χ1n) is 6.62. The van der Waals surface area contributed by atoms with Gasteiger partial charge in [-0.05, 0) is 30.9 Å². The van der Waals surface area contributed by atoms with Crippen LogP contribution in [0.5, 0.6) is 0 Å². The monoisotopic (exact) mass is 247 g/mol. The lowest BCUT2D eigenvalue weighted by molar-refractivity contribution is 1.09. The first kappa shape index (κ1) is 11.9. The molecule has 1 aromatic heterocycles. The summed E-state index contributed by atoms with van der Waals surface area (Å²) in [6.45, 7) is 4.29. The number of pyridine rings is 1. The van der Waals surface area contributed by atoms with Crippen LogP contribution in [0.2, 0.25) is 0 Å². The zero-order chi connectivity index (χ0) is 13.2. The van der Waals surface area contributed by atoms with Crippen LogP contribution < -0.4 is 0 Å². The number of hydrogen-bond donors (Lipinski definition) is 0. The van der Waals surface area contributed by atoms with Gasteiger partial charge < -0.3 is 0 Å². The van der Waals surface area contributed by atoms with E-state index in [1.165, 1.54) is 27.5 Å². The van der Waals surface area contributed by atoms with Crippen LogP contribution in [0.15, 0.2) is 54.7 Å². The van der Waals surface area contributed by atoms with Crippen LogP contribution in [0.4, 0.5) is 0 Å². The fourth-order valence-corrected chi connectivity index (χ4v) is 2.69. The molecule has 0 saturated heterocycles. The summed E-state index contributed by atoms with van der Waals surface area (Å²) in [4.78, 5) is 4.56. The summed E-state index contributed by atoms with van der Waals surface area (Å²) in [6.07, 6.45) is 2.80. The number of rotatable bonds is 2. The summed E-state index contributed by atoms with van der Waals surface area (Å²) >= 11 is 0. The second kappa shape index (κ2) is 4.85. The van der Waals surface area contributed by atoms with Crippen LogP contribution in [0, 0.1) is 13.8 Å². The molecule has 94 valence electrons. The summed E-state index contributed by atoms with van der Waals surface area (Å²) in [7, 11) is 0. The molecule has 0 aliphatic rings. The van der Waals surface area contributed by atoms with E-state index in [1.54, 1.807) is 0 Å². The first-order chi connectivity index (χ1) is 9.22. The Balaban J connectivity index is 2.05. The van der Waals surface area contributed by atoms with Gasteiger partial charge in [0, 0.05) is 18.0 Å². The van der Waals surface area contributed by atoms with Crippen molar-refractivity contribution in [1.29, 1.82) is 0 Å². The lowest BCUT2D eigenvalue weighted by atomic mass is 10.0. The fraction of sp³-hybridized carbons (Fsp3) is 0.167. The molecule has 0 bridgehead atoms. The van der Waals surface area contributed by atoms with E-state index >= 15 is 0 Å². The van der Waals surface area contributed by atoms with Crippen molar-refractivity contribution in [3.8, 4) is 0 Å². The van der Waals surface area contributed by atoms with Gasteiger partial charge in [-0.25, -0.2) is 0 Å². The highest BCUT2D eigenvalue weighted by Gasteiger charge is 2.04. The van der Waals surface area contributed by atoms with Gasteiger partial charge in [0.2, 0.25) is 0 Å². The Kier molecular flexibility index (Phi) is 3.04. The Labute approximate surface area is 113 Å². The highest BCUT2D eigenvalue weighted by molar-refractivity contribution is 5.84. The molecule has 0 saturated carbocycles. The second-order valence-electron chi connectivity index (χ2n) is 5.15. The summed E-state index contributed by atoms with van der Waals surface area (Å²) < 4.78 is 0. The van der Waals surface area contributed by atoms with E-state index in [2.05, 4.69) is 67.4 Å². The van der Waals surface area contributed by atoms with Crippen LogP contribution in [0.3, 0.4) is 0 Å². The molecule has 19 heavy (non-hydrogen) atoms. The maximum absolute atomic E-state index is 4.56. The van der Waals surface area contributed by atoms with Crippen molar-refractivity contribution in [3.63, 3.8) is 0 Å². The average molecular weight is 247 g/mol. The van der Waals surface area contributed by atoms with Crippen molar-refractivity contribution in [2.45, 2.75) is 20.3 Å². The van der Waals surface area contributed by atoms with Crippen molar-refractivity contribution in [3.05, 3.63) is 77.1 Å². The molecule has 0 spiro atoms. The molecular formula is C18H17N. The number of fused-ring (bicyclic) bond motifs is 1. The molecule has 1 heterocycles. The van der Waals surface area contributed by atoms with E-state index < -0.39 is 0 Å². The van der Waals surface area contributed by atoms with Gasteiger partial charge >= 0.3 is 0 Å². The SMILES string of the molecule is Cc1cc(C)cc(Cc2nccc3ccccc23)c1. The van der Waals surface area contributed by atoms with E-state index in [1.807, 2.05) is 6.20 Å². The Morgan fingerprint density at radius 1 is 0.895 bits per heavy atom. The van der Waals surface area contributed by atoms with Gasteiger partial charge in [0.05, 0.1) is 5.69 Å². The predicted molar refractivity (Wildman–Crippen MR) is 80.5 cm³/mol. The molecule has 0 aliphatic carbocycles. The third kappa shape index (κ3) is 2.50. The Morgan fingerprint density at radius 2 is 1.63 bits per heavy atom. The molecule has 0 atom stereocenters. The number of benzene rings is 2. The van der Waals surface area contributed by atoms with Crippen LogP contribution in [0.1, 0.15) is 22.4 Å². The van der Waals surface area contributed by atoms with Crippen LogP contribution in [-0.4, -0.2) is 4.98 Å². The summed E-state index contributed by atoms with van der Waals surface area (Å²) in [5.41, 5.74) is 5.12. The molecule has 2 aromatic carbocycles. The molecule has 0 fully saturated rings. The normalized spacial score (nSPS) is 10.8. The van der Waals surface area contributed by atoms with Crippen molar-refractivity contribution in [2.75, 3.05) is 0 Å². The quantitative estimate of drug-likeness (QED) is 0.652. The number of nitrogens with zero attached hydrogens (tertiary/aromatic N) is 1. The van der Waals surface area contributed by atoms with Gasteiger partial charge in [0.1, 0.15) is 0 Å². The van der Waals surface area contributed by atoms with E-state index in [4.69, 9.17) is 0 Å². The van der Waals surface area contributed by atoms with Gasteiger partial charge in [0.25, 0.3) is 0 Å². The minimum Gasteiger partial charge on any atom is -0.260 e. The Morgan fingerprint density at radius 3 is 2.42 bits per heavy atom. The minimum atomic E-state index is 0.893. The van der Waals surface area contributed by atoms with Crippen molar-refractivity contribution in [2.24, 2.45) is 0 Å². The van der Waals surface area contributed by atoms with Crippen molar-refractivity contribution < 1.29 is 0 Å². The number of aryl methyl sites for hydroxylation is 2. The third-order valence-corrected chi connectivity index (χ3v) is 3.41. The highest BCUT2D eigenvalue weighted by atomic mass is 14.7. The van der Waals surface area contributed by atoms with Gasteiger partial charge in [-0.3, -0.25) is 4.98 Å². The average Bonchev–Trinajstić information content (AvgIpc) is 2.38. The molecule has 1 nitrogen and oxygen atoms in total. The lowest BCUT2D eigenvalue weighted by Crippen LogP contribution is -1.95. The molecule has 3 rings (SSSR count). The van der Waals surface area contributed by atoms with Gasteiger partial charge in [-0.15, -0.1) is 0 Å². The maximum atomic E-state index is 4.56. The molecule has 3 aromatic rings. The summed E-state index contributed by atoms with van der Waals surface area (Å²) in [6, 6.07) is 17.2. The molecule has 0 aliphatic heterocycles. The molecular weight excluding hydrogens is 230 g/mol. The second-order valence-corrected chi connectivity index (χ2v) is 5.15. The van der Waals surface area contributed by atoms with Crippen LogP contribution in [-0.2, 0) is 6.42 Å². The topological polar surface area (TPSA) is 12.9 Å². The molecule has 1 heteroatoms. The summed E-state index contributed by atoms with van der Waals surface area (Å²) in [5.74, 6) is 0. The fourth-order valence-electron chi connectivity index (χ4n) is 2.69. The zero-order valence-corrected chi connectivity index (χ0v) is 11.4. The largest absolute Gasteiger partial charge is 0.260 e. The van der Waals surface area contributed by atoms with E-state index in [-0.39, 0.29) is 0 Å². The minimum absolute atomic E-state index is 0.893.